The van der Waals surface area contributed by atoms with Crippen molar-refractivity contribution in [3.63, 3.8) is 0 Å². The van der Waals surface area contributed by atoms with E-state index < -0.39 is 13.3 Å². The molecule has 0 saturated heterocycles. The van der Waals surface area contributed by atoms with Crippen molar-refractivity contribution in [2.75, 3.05) is 13.2 Å². The minimum Gasteiger partial charge on any atom is -0.308 e. The van der Waals surface area contributed by atoms with Gasteiger partial charge in [0.05, 0.1) is 18.9 Å². The molecule has 6 heteroatoms. The number of hydrogen-bond acceptors (Lipinski definition) is 4. The molecule has 0 aliphatic heterocycles. The number of aldehydes is 1. The molecular weight excluding hydrogens is 331 g/mol. The monoisotopic (exact) mass is 348 g/mol. The Morgan fingerprint density at radius 3 is 2.32 bits per heavy atom. The smallest absolute Gasteiger partial charge is 0.308 e. The van der Waals surface area contributed by atoms with Crippen LogP contribution in [0, 0.1) is 0 Å². The number of carbonyl (C=O) groups excluding carboxylic acids is 1. The molecule has 0 radical (unpaired) electrons. The largest absolute Gasteiger partial charge is 0.338 e. The second kappa shape index (κ2) is 7.95. The van der Waals surface area contributed by atoms with Crippen molar-refractivity contribution in [2.45, 2.75) is 25.9 Å². The van der Waals surface area contributed by atoms with Crippen molar-refractivity contribution < 1.29 is 18.4 Å². The van der Waals surface area contributed by atoms with Crippen LogP contribution in [0.2, 0.25) is 0 Å². The minimum atomic E-state index is -3.36. The molecule has 1 aromatic carbocycles. The van der Waals surface area contributed by atoms with Crippen LogP contribution in [0.15, 0.2) is 28.7 Å². The van der Waals surface area contributed by atoms with E-state index in [-0.39, 0.29) is 19.6 Å². The molecule has 1 rings (SSSR count). The predicted molar refractivity (Wildman–Crippen MR) is 78.4 cm³/mol. The zero-order valence-electron chi connectivity index (χ0n) is 11.0. The molecule has 4 nitrogen and oxygen atoms in total. The SMILES string of the molecule is CCOP(=O)(OCC)C(CC=O)c1ccccc1Br. The zero-order chi connectivity index (χ0) is 14.3. The van der Waals surface area contributed by atoms with Gasteiger partial charge >= 0.3 is 7.60 Å². The van der Waals surface area contributed by atoms with Crippen molar-refractivity contribution in [1.82, 2.24) is 0 Å². The van der Waals surface area contributed by atoms with Crippen LogP contribution < -0.4 is 0 Å². The fourth-order valence-electron chi connectivity index (χ4n) is 1.84. The van der Waals surface area contributed by atoms with E-state index in [9.17, 15) is 9.36 Å². The number of benzene rings is 1. The lowest BCUT2D eigenvalue weighted by Gasteiger charge is -2.26. The van der Waals surface area contributed by atoms with Gasteiger partial charge in [-0.05, 0) is 25.5 Å². The highest BCUT2D eigenvalue weighted by Crippen LogP contribution is 2.62. The first-order valence-corrected chi connectivity index (χ1v) is 8.56. The zero-order valence-corrected chi connectivity index (χ0v) is 13.5. The molecule has 0 bridgehead atoms. The molecule has 0 aliphatic carbocycles. The van der Waals surface area contributed by atoms with Crippen LogP contribution in [0.1, 0.15) is 31.5 Å². The molecule has 19 heavy (non-hydrogen) atoms. The van der Waals surface area contributed by atoms with Gasteiger partial charge < -0.3 is 13.8 Å². The fraction of sp³-hybridized carbons (Fsp3) is 0.462. The first-order chi connectivity index (χ1) is 9.09. The van der Waals surface area contributed by atoms with Gasteiger partial charge in [-0.1, -0.05) is 34.1 Å². The molecule has 0 aromatic heterocycles. The van der Waals surface area contributed by atoms with E-state index in [1.165, 1.54) is 0 Å². The van der Waals surface area contributed by atoms with Gasteiger partial charge in [0.15, 0.2) is 0 Å². The van der Waals surface area contributed by atoms with E-state index in [2.05, 4.69) is 15.9 Å². The predicted octanol–water partition coefficient (Wildman–Crippen LogP) is 4.35. The summed E-state index contributed by atoms with van der Waals surface area (Å²) in [7, 11) is -3.36. The highest BCUT2D eigenvalue weighted by Gasteiger charge is 2.37. The molecule has 0 fully saturated rings. The quantitative estimate of drug-likeness (QED) is 0.517. The molecule has 1 atom stereocenters. The molecule has 0 heterocycles. The van der Waals surface area contributed by atoms with Gasteiger partial charge in [0.25, 0.3) is 0 Å². The summed E-state index contributed by atoms with van der Waals surface area (Å²) in [4.78, 5) is 10.9. The second-order valence-electron chi connectivity index (χ2n) is 3.82. The maximum atomic E-state index is 12.8. The number of halogens is 1. The van der Waals surface area contributed by atoms with Gasteiger partial charge in [-0.3, -0.25) is 4.57 Å². The maximum absolute atomic E-state index is 12.8. The first kappa shape index (κ1) is 16.6. The Balaban J connectivity index is 3.21. The molecule has 0 saturated carbocycles. The van der Waals surface area contributed by atoms with Crippen molar-refractivity contribution in [3.05, 3.63) is 34.3 Å². The summed E-state index contributed by atoms with van der Waals surface area (Å²) in [6.45, 7) is 4.06. The molecular formula is C13H18BrO4P. The van der Waals surface area contributed by atoms with E-state index in [4.69, 9.17) is 9.05 Å². The van der Waals surface area contributed by atoms with Crippen LogP contribution in [-0.2, 0) is 18.4 Å². The molecule has 1 unspecified atom stereocenters. The fourth-order valence-corrected chi connectivity index (χ4v) is 4.64. The Labute approximate surface area is 122 Å². The number of rotatable bonds is 8. The minimum absolute atomic E-state index is 0.0971. The molecule has 0 amide bonds. The maximum Gasteiger partial charge on any atom is 0.338 e. The summed E-state index contributed by atoms with van der Waals surface area (Å²) in [6, 6.07) is 7.36. The van der Waals surface area contributed by atoms with Crippen molar-refractivity contribution in [1.29, 1.82) is 0 Å². The van der Waals surface area contributed by atoms with E-state index in [1.54, 1.807) is 13.8 Å². The van der Waals surface area contributed by atoms with E-state index in [0.29, 0.717) is 0 Å². The lowest BCUT2D eigenvalue weighted by atomic mass is 10.1. The summed E-state index contributed by atoms with van der Waals surface area (Å²) in [5.41, 5.74) is 0.181. The molecule has 0 spiro atoms. The van der Waals surface area contributed by atoms with Crippen molar-refractivity contribution in [3.8, 4) is 0 Å². The Morgan fingerprint density at radius 2 is 1.84 bits per heavy atom. The van der Waals surface area contributed by atoms with Crippen LogP contribution in [0.5, 0.6) is 0 Å². The topological polar surface area (TPSA) is 52.6 Å². The standard InChI is InChI=1S/C13H18BrO4P/c1-3-17-19(16,18-4-2)13(9-10-15)11-7-5-6-8-12(11)14/h5-8,10,13H,3-4,9H2,1-2H3. The van der Waals surface area contributed by atoms with Crippen LogP contribution in [0.25, 0.3) is 0 Å². The second-order valence-corrected chi connectivity index (χ2v) is 6.89. The number of carbonyl (C=O) groups is 1. The van der Waals surface area contributed by atoms with Gasteiger partial charge in [-0.15, -0.1) is 0 Å². The summed E-state index contributed by atoms with van der Waals surface area (Å²) < 4.78 is 24.3. The normalized spacial score (nSPS) is 13.2. The molecule has 0 aliphatic rings. The summed E-state index contributed by atoms with van der Waals surface area (Å²) >= 11 is 3.41. The summed E-state index contributed by atoms with van der Waals surface area (Å²) in [6.07, 6.45) is 0.842. The van der Waals surface area contributed by atoms with Crippen LogP contribution in [0.4, 0.5) is 0 Å². The highest BCUT2D eigenvalue weighted by molar-refractivity contribution is 9.10. The Kier molecular flexibility index (Phi) is 6.94. The van der Waals surface area contributed by atoms with E-state index in [1.807, 2.05) is 24.3 Å². The summed E-state index contributed by atoms with van der Waals surface area (Å²) in [5.74, 6) is 0. The van der Waals surface area contributed by atoms with Gasteiger partial charge in [-0.2, -0.15) is 0 Å². The highest BCUT2D eigenvalue weighted by atomic mass is 79.9. The van der Waals surface area contributed by atoms with Gasteiger partial charge in [0.2, 0.25) is 0 Å². The van der Waals surface area contributed by atoms with Gasteiger partial charge in [0, 0.05) is 10.9 Å². The molecule has 106 valence electrons. The van der Waals surface area contributed by atoms with Crippen LogP contribution >= 0.6 is 23.5 Å². The first-order valence-electron chi connectivity index (χ1n) is 6.15. The lowest BCUT2D eigenvalue weighted by molar-refractivity contribution is -0.108. The third kappa shape index (κ3) is 4.25. The Hall–Kier alpha value is -0.480. The Bertz CT molecular complexity index is 454. The van der Waals surface area contributed by atoms with E-state index in [0.717, 1.165) is 16.3 Å². The lowest BCUT2D eigenvalue weighted by Crippen LogP contribution is -2.08. The van der Waals surface area contributed by atoms with Crippen LogP contribution in [-0.4, -0.2) is 19.5 Å². The third-order valence-electron chi connectivity index (χ3n) is 2.58. The number of hydrogen-bond donors (Lipinski definition) is 0. The molecule has 0 N–H and O–H groups in total. The average Bonchev–Trinajstić information content (AvgIpc) is 2.37. The van der Waals surface area contributed by atoms with E-state index >= 15 is 0 Å². The van der Waals surface area contributed by atoms with Crippen molar-refractivity contribution >= 4 is 29.8 Å². The van der Waals surface area contributed by atoms with Crippen molar-refractivity contribution in [2.24, 2.45) is 0 Å². The van der Waals surface area contributed by atoms with Gasteiger partial charge in [-0.25, -0.2) is 0 Å². The summed E-state index contributed by atoms with van der Waals surface area (Å²) in [5, 5.41) is 0. The molecule has 1 aromatic rings. The Morgan fingerprint density at radius 1 is 1.26 bits per heavy atom. The third-order valence-corrected chi connectivity index (χ3v) is 5.79. The average molecular weight is 349 g/mol. The van der Waals surface area contributed by atoms with Crippen LogP contribution in [0.3, 0.4) is 0 Å². The van der Waals surface area contributed by atoms with Gasteiger partial charge in [0.1, 0.15) is 6.29 Å².